The second-order valence-corrected chi connectivity index (χ2v) is 3.82. The van der Waals surface area contributed by atoms with Crippen molar-refractivity contribution in [3.8, 4) is 0 Å². The third-order valence-electron chi connectivity index (χ3n) is 2.89. The van der Waals surface area contributed by atoms with Gasteiger partial charge in [0.1, 0.15) is 0 Å². The fourth-order valence-electron chi connectivity index (χ4n) is 2.23. The molecule has 1 fully saturated rings. The van der Waals surface area contributed by atoms with Crippen LogP contribution >= 0.6 is 0 Å². The Balaban J connectivity index is 2.22. The lowest BCUT2D eigenvalue weighted by Gasteiger charge is -2.21. The van der Waals surface area contributed by atoms with Gasteiger partial charge in [-0.3, -0.25) is 0 Å². The zero-order valence-electron chi connectivity index (χ0n) is 8.03. The van der Waals surface area contributed by atoms with Crippen molar-refractivity contribution in [2.24, 2.45) is 7.05 Å². The van der Waals surface area contributed by atoms with Crippen molar-refractivity contribution in [1.82, 2.24) is 15.0 Å². The fourth-order valence-corrected chi connectivity index (χ4v) is 2.23. The van der Waals surface area contributed by atoms with Crippen LogP contribution in [0.1, 0.15) is 43.7 Å². The second-order valence-electron chi connectivity index (χ2n) is 3.82. The Morgan fingerprint density at radius 2 is 2.00 bits per heavy atom. The first-order chi connectivity index (χ1) is 6.29. The molecule has 2 N–H and O–H groups in total. The summed E-state index contributed by atoms with van der Waals surface area (Å²) in [4.78, 5) is 0. The highest BCUT2D eigenvalue weighted by atomic mass is 15.4. The number of aromatic nitrogens is 3. The Labute approximate surface area is 78.1 Å². The van der Waals surface area contributed by atoms with E-state index in [2.05, 4.69) is 10.3 Å². The van der Waals surface area contributed by atoms with Gasteiger partial charge in [-0.25, -0.2) is 4.68 Å². The van der Waals surface area contributed by atoms with Gasteiger partial charge >= 0.3 is 0 Å². The molecular weight excluding hydrogens is 164 g/mol. The van der Waals surface area contributed by atoms with E-state index >= 15 is 0 Å². The molecule has 0 aromatic carbocycles. The van der Waals surface area contributed by atoms with Gasteiger partial charge in [-0.1, -0.05) is 24.5 Å². The molecule has 0 spiro atoms. The molecule has 4 nitrogen and oxygen atoms in total. The van der Waals surface area contributed by atoms with Gasteiger partial charge < -0.3 is 5.73 Å². The van der Waals surface area contributed by atoms with Crippen LogP contribution in [0.3, 0.4) is 0 Å². The Morgan fingerprint density at radius 1 is 1.31 bits per heavy atom. The van der Waals surface area contributed by atoms with Gasteiger partial charge in [-0.05, 0) is 12.8 Å². The third-order valence-corrected chi connectivity index (χ3v) is 2.89. The Bertz CT molecular complexity index is 266. The van der Waals surface area contributed by atoms with E-state index in [4.69, 9.17) is 5.73 Å². The topological polar surface area (TPSA) is 56.7 Å². The van der Waals surface area contributed by atoms with Crippen LogP contribution in [0.4, 0.5) is 5.82 Å². The van der Waals surface area contributed by atoms with Gasteiger partial charge in [0.25, 0.3) is 0 Å². The number of nitrogen functional groups attached to an aromatic ring is 1. The number of hydrogen-bond acceptors (Lipinski definition) is 3. The van der Waals surface area contributed by atoms with E-state index in [0.29, 0.717) is 11.7 Å². The summed E-state index contributed by atoms with van der Waals surface area (Å²) in [6.07, 6.45) is 6.48. The lowest BCUT2D eigenvalue weighted by atomic mass is 9.87. The largest absolute Gasteiger partial charge is 0.381 e. The molecule has 0 atom stereocenters. The smallest absolute Gasteiger partial charge is 0.169 e. The van der Waals surface area contributed by atoms with Crippen LogP contribution in [0.2, 0.25) is 0 Å². The van der Waals surface area contributed by atoms with Gasteiger partial charge in [0.15, 0.2) is 5.82 Å². The van der Waals surface area contributed by atoms with Crippen LogP contribution in [0.25, 0.3) is 0 Å². The van der Waals surface area contributed by atoms with Crippen LogP contribution in [-0.4, -0.2) is 15.0 Å². The van der Waals surface area contributed by atoms with Crippen molar-refractivity contribution >= 4 is 5.82 Å². The molecule has 1 heterocycles. The number of aryl methyl sites for hydroxylation is 1. The van der Waals surface area contributed by atoms with Crippen LogP contribution in [-0.2, 0) is 7.05 Å². The molecule has 1 aromatic heterocycles. The van der Waals surface area contributed by atoms with E-state index in [9.17, 15) is 0 Å². The Hall–Kier alpha value is -1.06. The fraction of sp³-hybridized carbons (Fsp3) is 0.778. The summed E-state index contributed by atoms with van der Waals surface area (Å²) in [5.41, 5.74) is 6.92. The van der Waals surface area contributed by atoms with Crippen LogP contribution in [0.5, 0.6) is 0 Å². The van der Waals surface area contributed by atoms with Crippen molar-refractivity contribution in [1.29, 1.82) is 0 Å². The van der Waals surface area contributed by atoms with Gasteiger partial charge in [-0.2, -0.15) is 0 Å². The number of nitrogens with two attached hydrogens (primary N) is 1. The summed E-state index contributed by atoms with van der Waals surface area (Å²) < 4.78 is 1.82. The van der Waals surface area contributed by atoms with Crippen LogP contribution < -0.4 is 5.73 Å². The molecule has 1 aromatic rings. The zero-order valence-corrected chi connectivity index (χ0v) is 8.03. The standard InChI is InChI=1S/C9H16N4/c1-13-8(9(10)11-12-13)7-5-3-2-4-6-7/h7H,2-6,10H2,1H3. The molecule has 0 amide bonds. The van der Waals surface area contributed by atoms with Crippen LogP contribution in [0.15, 0.2) is 0 Å². The van der Waals surface area contributed by atoms with Gasteiger partial charge in [0, 0.05) is 13.0 Å². The molecule has 4 heteroatoms. The minimum absolute atomic E-state index is 0.591. The zero-order chi connectivity index (χ0) is 9.26. The van der Waals surface area contributed by atoms with E-state index in [1.807, 2.05) is 11.7 Å². The Morgan fingerprint density at radius 3 is 2.54 bits per heavy atom. The van der Waals surface area contributed by atoms with Crippen molar-refractivity contribution in [3.05, 3.63) is 5.69 Å². The average Bonchev–Trinajstić information content (AvgIpc) is 2.48. The molecule has 72 valence electrons. The van der Waals surface area contributed by atoms with Crippen molar-refractivity contribution in [2.75, 3.05) is 5.73 Å². The molecule has 0 bridgehead atoms. The van der Waals surface area contributed by atoms with E-state index in [1.165, 1.54) is 32.1 Å². The van der Waals surface area contributed by atoms with Gasteiger partial charge in [0.05, 0.1) is 5.69 Å². The molecule has 0 saturated heterocycles. The monoisotopic (exact) mass is 180 g/mol. The highest BCUT2D eigenvalue weighted by Crippen LogP contribution is 2.33. The van der Waals surface area contributed by atoms with Gasteiger partial charge in [-0.15, -0.1) is 5.10 Å². The highest BCUT2D eigenvalue weighted by molar-refractivity contribution is 5.35. The summed E-state index contributed by atoms with van der Waals surface area (Å²) in [6.45, 7) is 0. The predicted molar refractivity (Wildman–Crippen MR) is 51.2 cm³/mol. The summed E-state index contributed by atoms with van der Waals surface area (Å²) >= 11 is 0. The van der Waals surface area contributed by atoms with E-state index in [-0.39, 0.29) is 0 Å². The number of anilines is 1. The first-order valence-corrected chi connectivity index (χ1v) is 4.94. The average molecular weight is 180 g/mol. The molecule has 1 aliphatic carbocycles. The maximum absolute atomic E-state index is 5.78. The quantitative estimate of drug-likeness (QED) is 0.711. The molecule has 1 aliphatic rings. The molecule has 13 heavy (non-hydrogen) atoms. The first kappa shape index (κ1) is 8.53. The minimum atomic E-state index is 0.591. The number of hydrogen-bond donors (Lipinski definition) is 1. The van der Waals surface area contributed by atoms with E-state index in [1.54, 1.807) is 0 Å². The molecule has 0 radical (unpaired) electrons. The molecule has 0 unspecified atom stereocenters. The summed E-state index contributed by atoms with van der Waals surface area (Å²) in [5.74, 6) is 1.21. The van der Waals surface area contributed by atoms with Crippen molar-refractivity contribution < 1.29 is 0 Å². The highest BCUT2D eigenvalue weighted by Gasteiger charge is 2.21. The molecule has 2 rings (SSSR count). The second kappa shape index (κ2) is 3.36. The molecular formula is C9H16N4. The van der Waals surface area contributed by atoms with Crippen molar-refractivity contribution in [2.45, 2.75) is 38.0 Å². The number of rotatable bonds is 1. The maximum Gasteiger partial charge on any atom is 0.169 e. The van der Waals surface area contributed by atoms with Crippen molar-refractivity contribution in [3.63, 3.8) is 0 Å². The maximum atomic E-state index is 5.78. The van der Waals surface area contributed by atoms with E-state index in [0.717, 1.165) is 5.69 Å². The van der Waals surface area contributed by atoms with Gasteiger partial charge in [0.2, 0.25) is 0 Å². The number of nitrogens with zero attached hydrogens (tertiary/aromatic N) is 3. The lowest BCUT2D eigenvalue weighted by molar-refractivity contribution is 0.425. The summed E-state index contributed by atoms with van der Waals surface area (Å²) in [5, 5.41) is 7.82. The first-order valence-electron chi connectivity index (χ1n) is 4.94. The Kier molecular flexibility index (Phi) is 2.20. The van der Waals surface area contributed by atoms with E-state index < -0.39 is 0 Å². The summed E-state index contributed by atoms with van der Waals surface area (Å²) in [7, 11) is 1.92. The predicted octanol–water partition coefficient (Wildman–Crippen LogP) is 1.44. The molecule has 0 aliphatic heterocycles. The normalized spacial score (nSPS) is 19.2. The lowest BCUT2D eigenvalue weighted by Crippen LogP contribution is -2.11. The molecule has 1 saturated carbocycles. The third kappa shape index (κ3) is 1.53. The minimum Gasteiger partial charge on any atom is -0.381 e. The SMILES string of the molecule is Cn1nnc(N)c1C1CCCCC1. The van der Waals surface area contributed by atoms with Crippen LogP contribution in [0, 0.1) is 0 Å². The summed E-state index contributed by atoms with van der Waals surface area (Å²) in [6, 6.07) is 0.